The maximum Gasteiger partial charge on any atom is 0.252 e. The van der Waals surface area contributed by atoms with Gasteiger partial charge in [-0.25, -0.2) is 0 Å². The molecule has 0 saturated carbocycles. The van der Waals surface area contributed by atoms with Gasteiger partial charge < -0.3 is 20.1 Å². The monoisotopic (exact) mass is 390 g/mol. The van der Waals surface area contributed by atoms with Crippen molar-refractivity contribution in [2.45, 2.75) is 33.4 Å². The number of rotatable bonds is 8. The predicted molar refractivity (Wildman–Crippen MR) is 107 cm³/mol. The van der Waals surface area contributed by atoms with Crippen molar-refractivity contribution in [1.29, 1.82) is 0 Å². The van der Waals surface area contributed by atoms with E-state index in [4.69, 9.17) is 9.47 Å². The lowest BCUT2D eigenvalue weighted by Gasteiger charge is -2.22. The molecule has 0 aliphatic rings. The summed E-state index contributed by atoms with van der Waals surface area (Å²) >= 11 is 1.60. The average Bonchev–Trinajstić information content (AvgIpc) is 3.07. The van der Waals surface area contributed by atoms with Crippen molar-refractivity contribution >= 4 is 23.2 Å². The minimum absolute atomic E-state index is 0.0640. The zero-order valence-corrected chi connectivity index (χ0v) is 17.1. The molecule has 2 amide bonds. The summed E-state index contributed by atoms with van der Waals surface area (Å²) in [5, 5.41) is 7.73. The van der Waals surface area contributed by atoms with Crippen molar-refractivity contribution in [3.05, 3.63) is 45.6 Å². The number of hydrogen-bond acceptors (Lipinski definition) is 5. The fourth-order valence-electron chi connectivity index (χ4n) is 2.56. The van der Waals surface area contributed by atoms with Crippen LogP contribution in [-0.2, 0) is 11.3 Å². The fourth-order valence-corrected chi connectivity index (χ4v) is 3.41. The lowest BCUT2D eigenvalue weighted by molar-refractivity contribution is -0.124. The molecule has 1 heterocycles. The number of thiophene rings is 1. The number of aryl methyl sites for hydroxylation is 1. The minimum atomic E-state index is -0.644. The summed E-state index contributed by atoms with van der Waals surface area (Å²) in [6.45, 7) is 6.25. The molecule has 6 nitrogen and oxygen atoms in total. The Kier molecular flexibility index (Phi) is 7.24. The van der Waals surface area contributed by atoms with E-state index in [1.54, 1.807) is 29.5 Å². The molecule has 0 spiro atoms. The molecule has 2 N–H and O–H groups in total. The molecule has 2 aromatic rings. The van der Waals surface area contributed by atoms with Crippen LogP contribution in [0.1, 0.15) is 34.6 Å². The molecule has 0 fully saturated rings. The first-order chi connectivity index (χ1) is 12.8. The van der Waals surface area contributed by atoms with E-state index >= 15 is 0 Å². The molecule has 1 aromatic heterocycles. The number of carbonyl (C=O) groups is 2. The van der Waals surface area contributed by atoms with Crippen LogP contribution in [0.15, 0.2) is 29.6 Å². The molecule has 1 unspecified atom stereocenters. The van der Waals surface area contributed by atoms with Crippen LogP contribution in [0.3, 0.4) is 0 Å². The number of amides is 2. The van der Waals surface area contributed by atoms with E-state index in [9.17, 15) is 9.59 Å². The van der Waals surface area contributed by atoms with Gasteiger partial charge in [-0.2, -0.15) is 0 Å². The molecular weight excluding hydrogens is 364 g/mol. The van der Waals surface area contributed by atoms with Gasteiger partial charge in [-0.05, 0) is 42.0 Å². The summed E-state index contributed by atoms with van der Waals surface area (Å²) in [7, 11) is 3.04. The zero-order valence-electron chi connectivity index (χ0n) is 16.3. The third kappa shape index (κ3) is 5.47. The first-order valence-electron chi connectivity index (χ1n) is 8.70. The second kappa shape index (κ2) is 9.41. The number of benzene rings is 1. The van der Waals surface area contributed by atoms with Gasteiger partial charge in [0.25, 0.3) is 5.91 Å². The first kappa shape index (κ1) is 20.8. The van der Waals surface area contributed by atoms with E-state index in [0.29, 0.717) is 23.6 Å². The fraction of sp³-hybridized carbons (Fsp3) is 0.400. The van der Waals surface area contributed by atoms with Gasteiger partial charge >= 0.3 is 0 Å². The Bertz CT molecular complexity index is 779. The molecule has 0 bridgehead atoms. The van der Waals surface area contributed by atoms with Crippen LogP contribution < -0.4 is 20.1 Å². The Hall–Kier alpha value is -2.54. The average molecular weight is 391 g/mol. The van der Waals surface area contributed by atoms with Gasteiger partial charge in [0, 0.05) is 16.5 Å². The van der Waals surface area contributed by atoms with Gasteiger partial charge in [0.2, 0.25) is 5.91 Å². The van der Waals surface area contributed by atoms with Crippen molar-refractivity contribution in [2.75, 3.05) is 14.2 Å². The lowest BCUT2D eigenvalue weighted by Crippen LogP contribution is -2.49. The number of ether oxygens (including phenoxy) is 2. The molecular formula is C20H26N2O4S. The Morgan fingerprint density at radius 1 is 1.11 bits per heavy atom. The number of methoxy groups -OCH3 is 2. The van der Waals surface area contributed by atoms with E-state index < -0.39 is 6.04 Å². The van der Waals surface area contributed by atoms with Crippen molar-refractivity contribution in [3.8, 4) is 11.5 Å². The molecule has 146 valence electrons. The van der Waals surface area contributed by atoms with Crippen molar-refractivity contribution in [3.63, 3.8) is 0 Å². The topological polar surface area (TPSA) is 76.7 Å². The summed E-state index contributed by atoms with van der Waals surface area (Å²) < 4.78 is 10.4. The second-order valence-electron chi connectivity index (χ2n) is 6.54. The van der Waals surface area contributed by atoms with Gasteiger partial charge in [0.1, 0.15) is 17.5 Å². The third-order valence-corrected chi connectivity index (χ3v) is 5.26. The summed E-state index contributed by atoms with van der Waals surface area (Å²) in [5.41, 5.74) is 1.52. The number of hydrogen-bond donors (Lipinski definition) is 2. The van der Waals surface area contributed by atoms with E-state index in [2.05, 4.69) is 10.6 Å². The molecule has 2 rings (SSSR count). The van der Waals surface area contributed by atoms with Crippen LogP contribution in [0, 0.1) is 12.8 Å². The lowest BCUT2D eigenvalue weighted by atomic mass is 10.0. The smallest absolute Gasteiger partial charge is 0.252 e. The van der Waals surface area contributed by atoms with E-state index in [0.717, 1.165) is 10.4 Å². The van der Waals surface area contributed by atoms with Crippen LogP contribution in [0.4, 0.5) is 0 Å². The normalized spacial score (nSPS) is 11.8. The molecule has 0 saturated heterocycles. The number of carbonyl (C=O) groups excluding carboxylic acids is 2. The molecule has 0 radical (unpaired) electrons. The van der Waals surface area contributed by atoms with Gasteiger partial charge in [-0.1, -0.05) is 13.8 Å². The second-order valence-corrected chi connectivity index (χ2v) is 7.54. The standard InChI is InChI=1S/C20H26N2O4S/c1-12(2)18(20(24)21-11-17-13(3)6-7-27-17)22-19(23)14-8-15(25-4)10-16(9-14)26-5/h6-10,12,18H,11H2,1-5H3,(H,21,24)(H,22,23). The minimum Gasteiger partial charge on any atom is -0.497 e. The van der Waals surface area contributed by atoms with Gasteiger partial charge in [0.15, 0.2) is 0 Å². The highest BCUT2D eigenvalue weighted by Gasteiger charge is 2.25. The van der Waals surface area contributed by atoms with Crippen molar-refractivity contribution in [1.82, 2.24) is 10.6 Å². The summed E-state index contributed by atoms with van der Waals surface area (Å²) in [6, 6.07) is 6.29. The molecule has 0 aliphatic carbocycles. The summed E-state index contributed by atoms with van der Waals surface area (Å²) in [6.07, 6.45) is 0. The van der Waals surface area contributed by atoms with E-state index in [1.165, 1.54) is 14.2 Å². The highest BCUT2D eigenvalue weighted by Crippen LogP contribution is 2.22. The molecule has 0 aliphatic heterocycles. The molecule has 27 heavy (non-hydrogen) atoms. The maximum atomic E-state index is 12.7. The van der Waals surface area contributed by atoms with Crippen LogP contribution in [-0.4, -0.2) is 32.1 Å². The predicted octanol–water partition coefficient (Wildman–Crippen LogP) is 3.14. The number of nitrogens with one attached hydrogen (secondary N) is 2. The highest BCUT2D eigenvalue weighted by atomic mass is 32.1. The van der Waals surface area contributed by atoms with Crippen molar-refractivity contribution < 1.29 is 19.1 Å². The molecule has 7 heteroatoms. The van der Waals surface area contributed by atoms with Gasteiger partial charge in [-0.3, -0.25) is 9.59 Å². The van der Waals surface area contributed by atoms with E-state index in [-0.39, 0.29) is 17.7 Å². The first-order valence-corrected chi connectivity index (χ1v) is 9.58. The van der Waals surface area contributed by atoms with Crippen molar-refractivity contribution in [2.24, 2.45) is 5.92 Å². The summed E-state index contributed by atoms with van der Waals surface area (Å²) in [5.74, 6) is 0.400. The Balaban J connectivity index is 2.09. The van der Waals surface area contributed by atoms with Crippen LogP contribution in [0.2, 0.25) is 0 Å². The Labute approximate surface area is 163 Å². The van der Waals surface area contributed by atoms with Crippen LogP contribution in [0.5, 0.6) is 11.5 Å². The summed E-state index contributed by atoms with van der Waals surface area (Å²) in [4.78, 5) is 26.4. The SMILES string of the molecule is COc1cc(OC)cc(C(=O)NC(C(=O)NCc2sccc2C)C(C)C)c1. The van der Waals surface area contributed by atoms with Gasteiger partial charge in [-0.15, -0.1) is 11.3 Å². The van der Waals surface area contributed by atoms with Crippen LogP contribution in [0.25, 0.3) is 0 Å². The highest BCUT2D eigenvalue weighted by molar-refractivity contribution is 7.10. The maximum absolute atomic E-state index is 12.7. The van der Waals surface area contributed by atoms with Crippen LogP contribution >= 0.6 is 11.3 Å². The van der Waals surface area contributed by atoms with Gasteiger partial charge in [0.05, 0.1) is 20.8 Å². The molecule has 1 atom stereocenters. The zero-order chi connectivity index (χ0) is 20.0. The Morgan fingerprint density at radius 2 is 1.74 bits per heavy atom. The third-order valence-electron chi connectivity index (χ3n) is 4.24. The largest absolute Gasteiger partial charge is 0.497 e. The van der Waals surface area contributed by atoms with E-state index in [1.807, 2.05) is 32.2 Å². The quantitative estimate of drug-likeness (QED) is 0.726. The molecule has 1 aromatic carbocycles. The Morgan fingerprint density at radius 3 is 2.22 bits per heavy atom.